The molecule has 20 heavy (non-hydrogen) atoms. The van der Waals surface area contributed by atoms with E-state index in [0.717, 1.165) is 6.61 Å². The Labute approximate surface area is 121 Å². The summed E-state index contributed by atoms with van der Waals surface area (Å²) >= 11 is 1.30. The summed E-state index contributed by atoms with van der Waals surface area (Å²) in [5, 5.41) is 15.9. The number of amides is 2. The zero-order valence-corrected chi connectivity index (χ0v) is 11.8. The molecule has 110 valence electrons. The Morgan fingerprint density at radius 3 is 2.90 bits per heavy atom. The van der Waals surface area contributed by atoms with Crippen molar-refractivity contribution < 1.29 is 19.4 Å². The summed E-state index contributed by atoms with van der Waals surface area (Å²) < 4.78 is 5.38. The molecule has 0 bridgehead atoms. The van der Waals surface area contributed by atoms with E-state index < -0.39 is 18.0 Å². The molecular formula is C13H18N2O4S. The predicted octanol–water partition coefficient (Wildman–Crippen LogP) is 1.60. The van der Waals surface area contributed by atoms with Gasteiger partial charge in [0.1, 0.15) is 0 Å². The third-order valence-electron chi connectivity index (χ3n) is 2.93. The molecule has 0 radical (unpaired) electrons. The number of thiophene rings is 1. The van der Waals surface area contributed by atoms with Gasteiger partial charge in [-0.25, -0.2) is 9.59 Å². The van der Waals surface area contributed by atoms with Crippen molar-refractivity contribution in [1.29, 1.82) is 0 Å². The van der Waals surface area contributed by atoms with Gasteiger partial charge in [-0.05, 0) is 30.2 Å². The first-order chi connectivity index (χ1) is 9.66. The summed E-state index contributed by atoms with van der Waals surface area (Å²) in [7, 11) is 0. The lowest BCUT2D eigenvalue weighted by Crippen LogP contribution is -2.41. The quantitative estimate of drug-likeness (QED) is 0.636. The van der Waals surface area contributed by atoms with E-state index in [4.69, 9.17) is 9.84 Å². The Balaban J connectivity index is 1.67. The second-order valence-electron chi connectivity index (χ2n) is 4.71. The first-order valence-corrected chi connectivity index (χ1v) is 7.43. The third-order valence-corrected chi connectivity index (χ3v) is 3.87. The Bertz CT molecular complexity index is 445. The maximum absolute atomic E-state index is 11.6. The monoisotopic (exact) mass is 298 g/mol. The number of carbonyl (C=O) groups is 2. The number of carbonyl (C=O) groups excluding carboxylic acids is 1. The summed E-state index contributed by atoms with van der Waals surface area (Å²) in [6.45, 7) is 1.56. The van der Waals surface area contributed by atoms with Gasteiger partial charge >= 0.3 is 12.0 Å². The maximum atomic E-state index is 11.6. The highest BCUT2D eigenvalue weighted by atomic mass is 32.1. The van der Waals surface area contributed by atoms with Gasteiger partial charge in [0.15, 0.2) is 6.04 Å². The second kappa shape index (κ2) is 7.25. The van der Waals surface area contributed by atoms with Crippen LogP contribution in [0.15, 0.2) is 17.5 Å². The molecule has 1 fully saturated rings. The molecule has 1 aliphatic rings. The van der Waals surface area contributed by atoms with Crippen molar-refractivity contribution in [2.75, 3.05) is 19.8 Å². The van der Waals surface area contributed by atoms with E-state index in [1.807, 2.05) is 0 Å². The lowest BCUT2D eigenvalue weighted by molar-refractivity contribution is -0.139. The first-order valence-electron chi connectivity index (χ1n) is 6.55. The number of carboxylic acids is 1. The van der Waals surface area contributed by atoms with Crippen molar-refractivity contribution in [2.45, 2.75) is 18.9 Å². The van der Waals surface area contributed by atoms with Crippen LogP contribution in [0.5, 0.6) is 0 Å². The van der Waals surface area contributed by atoms with E-state index >= 15 is 0 Å². The van der Waals surface area contributed by atoms with Crippen molar-refractivity contribution in [3.63, 3.8) is 0 Å². The van der Waals surface area contributed by atoms with Crippen LogP contribution in [0.3, 0.4) is 0 Å². The van der Waals surface area contributed by atoms with Gasteiger partial charge in [0, 0.05) is 18.0 Å². The molecule has 1 unspecified atom stereocenters. The SMILES string of the molecule is O=C(NCCOCC1CC1)NC(C(=O)O)c1cccs1. The van der Waals surface area contributed by atoms with Gasteiger partial charge in [0.25, 0.3) is 0 Å². The number of hydrogen-bond donors (Lipinski definition) is 3. The van der Waals surface area contributed by atoms with Crippen molar-refractivity contribution in [3.8, 4) is 0 Å². The molecule has 0 aliphatic heterocycles. The van der Waals surface area contributed by atoms with Crippen LogP contribution >= 0.6 is 11.3 Å². The minimum atomic E-state index is -1.08. The molecule has 1 heterocycles. The number of aliphatic carboxylic acids is 1. The zero-order chi connectivity index (χ0) is 14.4. The van der Waals surface area contributed by atoms with E-state index in [2.05, 4.69) is 10.6 Å². The van der Waals surface area contributed by atoms with Gasteiger partial charge in [-0.3, -0.25) is 0 Å². The van der Waals surface area contributed by atoms with Gasteiger partial charge in [-0.2, -0.15) is 0 Å². The van der Waals surface area contributed by atoms with E-state index in [0.29, 0.717) is 23.9 Å². The first kappa shape index (κ1) is 14.8. The molecule has 2 rings (SSSR count). The topological polar surface area (TPSA) is 87.7 Å². The summed E-state index contributed by atoms with van der Waals surface area (Å²) in [6, 6.07) is 1.92. The number of rotatable bonds is 8. The van der Waals surface area contributed by atoms with Crippen molar-refractivity contribution in [1.82, 2.24) is 10.6 Å². The van der Waals surface area contributed by atoms with Gasteiger partial charge in [-0.1, -0.05) is 6.07 Å². The fourth-order valence-corrected chi connectivity index (χ4v) is 2.43. The largest absolute Gasteiger partial charge is 0.479 e. The van der Waals surface area contributed by atoms with Gasteiger partial charge in [0.05, 0.1) is 6.61 Å². The van der Waals surface area contributed by atoms with Crippen LogP contribution in [0.2, 0.25) is 0 Å². The lowest BCUT2D eigenvalue weighted by atomic mass is 10.2. The fraction of sp³-hybridized carbons (Fsp3) is 0.538. The van der Waals surface area contributed by atoms with E-state index in [1.165, 1.54) is 24.2 Å². The molecule has 2 amide bonds. The molecular weight excluding hydrogens is 280 g/mol. The van der Waals surface area contributed by atoms with Gasteiger partial charge in [0.2, 0.25) is 0 Å². The van der Waals surface area contributed by atoms with Gasteiger partial charge in [-0.15, -0.1) is 11.3 Å². The minimum absolute atomic E-state index is 0.370. The number of urea groups is 1. The Kier molecular flexibility index (Phi) is 5.37. The molecule has 1 aromatic heterocycles. The molecule has 1 aliphatic carbocycles. The summed E-state index contributed by atoms with van der Waals surface area (Å²) in [6.07, 6.45) is 2.46. The standard InChI is InChI=1S/C13H18N2O4S/c16-12(17)11(10-2-1-7-20-10)15-13(18)14-5-6-19-8-9-3-4-9/h1-2,7,9,11H,3-6,8H2,(H,16,17)(H2,14,15,18). The lowest BCUT2D eigenvalue weighted by Gasteiger charge is -2.13. The van der Waals surface area contributed by atoms with Crippen molar-refractivity contribution in [3.05, 3.63) is 22.4 Å². The fourth-order valence-electron chi connectivity index (χ4n) is 1.66. The molecule has 1 aromatic rings. The normalized spacial score (nSPS) is 15.6. The third kappa shape index (κ3) is 4.82. The number of ether oxygens (including phenoxy) is 1. The smallest absolute Gasteiger partial charge is 0.331 e. The molecule has 0 aromatic carbocycles. The zero-order valence-electron chi connectivity index (χ0n) is 11.0. The Hall–Kier alpha value is -1.60. The number of carboxylic acid groups (broad SMARTS) is 1. The van der Waals surface area contributed by atoms with Crippen LogP contribution in [0.4, 0.5) is 4.79 Å². The average molecular weight is 298 g/mol. The Morgan fingerprint density at radius 2 is 2.30 bits per heavy atom. The van der Waals surface area contributed by atoms with Crippen LogP contribution in [-0.2, 0) is 9.53 Å². The van der Waals surface area contributed by atoms with Crippen molar-refractivity contribution >= 4 is 23.3 Å². The highest BCUT2D eigenvalue weighted by molar-refractivity contribution is 7.10. The highest BCUT2D eigenvalue weighted by Crippen LogP contribution is 2.28. The highest BCUT2D eigenvalue weighted by Gasteiger charge is 2.23. The van der Waals surface area contributed by atoms with Crippen molar-refractivity contribution in [2.24, 2.45) is 5.92 Å². The average Bonchev–Trinajstić information content (AvgIpc) is 3.08. The van der Waals surface area contributed by atoms with Crippen LogP contribution in [0.1, 0.15) is 23.8 Å². The molecule has 1 atom stereocenters. The summed E-state index contributed by atoms with van der Waals surface area (Å²) in [4.78, 5) is 23.4. The molecule has 7 heteroatoms. The molecule has 0 saturated heterocycles. The van der Waals surface area contributed by atoms with E-state index in [1.54, 1.807) is 17.5 Å². The van der Waals surface area contributed by atoms with Crippen LogP contribution < -0.4 is 10.6 Å². The number of nitrogens with one attached hydrogen (secondary N) is 2. The minimum Gasteiger partial charge on any atom is -0.479 e. The summed E-state index contributed by atoms with van der Waals surface area (Å²) in [5.41, 5.74) is 0. The van der Waals surface area contributed by atoms with E-state index in [-0.39, 0.29) is 0 Å². The maximum Gasteiger partial charge on any atom is 0.331 e. The van der Waals surface area contributed by atoms with Crippen LogP contribution in [-0.4, -0.2) is 36.9 Å². The van der Waals surface area contributed by atoms with Crippen LogP contribution in [0, 0.1) is 5.92 Å². The Morgan fingerprint density at radius 1 is 1.50 bits per heavy atom. The molecule has 6 nitrogen and oxygen atoms in total. The van der Waals surface area contributed by atoms with E-state index in [9.17, 15) is 9.59 Å². The molecule has 1 saturated carbocycles. The molecule has 0 spiro atoms. The van der Waals surface area contributed by atoms with Gasteiger partial charge < -0.3 is 20.5 Å². The second-order valence-corrected chi connectivity index (χ2v) is 5.68. The molecule has 3 N–H and O–H groups in total. The summed E-state index contributed by atoms with van der Waals surface area (Å²) in [5.74, 6) is -0.383. The predicted molar refractivity (Wildman–Crippen MR) is 74.8 cm³/mol. The van der Waals surface area contributed by atoms with Crippen LogP contribution in [0.25, 0.3) is 0 Å². The number of hydrogen-bond acceptors (Lipinski definition) is 4.